The fraction of sp³-hybridized carbons (Fsp3) is 0.111. The van der Waals surface area contributed by atoms with Gasteiger partial charge in [0, 0.05) is 12.7 Å². The maximum Gasteiger partial charge on any atom is 0.195 e. The molecule has 1 aromatic carbocycles. The smallest absolute Gasteiger partial charge is 0.195 e. The normalized spacial score (nSPS) is 10.7. The van der Waals surface area contributed by atoms with Gasteiger partial charge in [-0.05, 0) is 23.9 Å². The van der Waals surface area contributed by atoms with Gasteiger partial charge >= 0.3 is 0 Å². The highest BCUT2D eigenvalue weighted by molar-refractivity contribution is 7.99. The Morgan fingerprint density at radius 1 is 1.31 bits per heavy atom. The fourth-order valence-electron chi connectivity index (χ4n) is 1.13. The predicted octanol–water partition coefficient (Wildman–Crippen LogP) is 1.83. The van der Waals surface area contributed by atoms with E-state index in [0.717, 1.165) is 23.9 Å². The molecule has 0 fully saturated rings. The van der Waals surface area contributed by atoms with E-state index in [2.05, 4.69) is 10.2 Å². The van der Waals surface area contributed by atoms with Crippen LogP contribution >= 0.6 is 11.8 Å². The molecule has 0 aliphatic heterocycles. The average Bonchev–Trinajstić information content (AvgIpc) is 2.57. The van der Waals surface area contributed by atoms with Crippen molar-refractivity contribution in [2.75, 3.05) is 5.73 Å². The van der Waals surface area contributed by atoms with Gasteiger partial charge in [-0.3, -0.25) is 0 Å². The van der Waals surface area contributed by atoms with Gasteiger partial charge in [-0.2, -0.15) is 0 Å². The summed E-state index contributed by atoms with van der Waals surface area (Å²) < 4.78 is 28.4. The van der Waals surface area contributed by atoms with Gasteiger partial charge in [0.05, 0.1) is 4.90 Å². The van der Waals surface area contributed by atoms with Gasteiger partial charge in [0.2, 0.25) is 0 Å². The van der Waals surface area contributed by atoms with E-state index in [1.54, 1.807) is 11.6 Å². The van der Waals surface area contributed by atoms with E-state index in [0.29, 0.717) is 5.16 Å². The lowest BCUT2D eigenvalue weighted by Gasteiger charge is -2.04. The topological polar surface area (TPSA) is 56.7 Å². The Labute approximate surface area is 94.5 Å². The number of aromatic nitrogens is 3. The van der Waals surface area contributed by atoms with Gasteiger partial charge in [0.25, 0.3) is 0 Å². The Bertz CT molecular complexity index is 503. The minimum absolute atomic E-state index is 0.0531. The second-order valence-electron chi connectivity index (χ2n) is 3.14. The Balaban J connectivity index is 2.39. The molecular formula is C9H8F2N4S. The van der Waals surface area contributed by atoms with Crippen LogP contribution < -0.4 is 5.73 Å². The molecule has 0 saturated heterocycles. The molecule has 0 bridgehead atoms. The maximum atomic E-state index is 13.4. The van der Waals surface area contributed by atoms with Gasteiger partial charge < -0.3 is 10.3 Å². The predicted molar refractivity (Wildman–Crippen MR) is 55.9 cm³/mol. The zero-order valence-corrected chi connectivity index (χ0v) is 9.13. The number of halogens is 2. The first kappa shape index (κ1) is 10.9. The molecule has 0 amide bonds. The molecule has 0 unspecified atom stereocenters. The molecule has 1 heterocycles. The number of anilines is 1. The summed E-state index contributed by atoms with van der Waals surface area (Å²) in [4.78, 5) is -0.134. The zero-order chi connectivity index (χ0) is 11.7. The quantitative estimate of drug-likeness (QED) is 0.816. The second-order valence-corrected chi connectivity index (χ2v) is 4.12. The molecule has 0 aliphatic carbocycles. The van der Waals surface area contributed by atoms with Crippen LogP contribution in [0.25, 0.3) is 0 Å². The van der Waals surface area contributed by atoms with Gasteiger partial charge in [0.15, 0.2) is 5.16 Å². The van der Waals surface area contributed by atoms with Crippen LogP contribution in [0.2, 0.25) is 0 Å². The highest BCUT2D eigenvalue weighted by Crippen LogP contribution is 2.31. The van der Waals surface area contributed by atoms with Crippen molar-refractivity contribution in [1.29, 1.82) is 0 Å². The van der Waals surface area contributed by atoms with Crippen LogP contribution in [0.1, 0.15) is 0 Å². The number of nitrogens with zero attached hydrogens (tertiary/aromatic N) is 3. The maximum absolute atomic E-state index is 13.4. The summed E-state index contributed by atoms with van der Waals surface area (Å²) in [5, 5.41) is 7.75. The van der Waals surface area contributed by atoms with E-state index in [1.807, 2.05) is 0 Å². The molecule has 7 heteroatoms. The molecule has 0 aliphatic rings. The Hall–Kier alpha value is -1.63. The van der Waals surface area contributed by atoms with Crippen molar-refractivity contribution in [2.24, 2.45) is 7.05 Å². The van der Waals surface area contributed by atoms with E-state index < -0.39 is 11.6 Å². The number of rotatable bonds is 2. The van der Waals surface area contributed by atoms with Crippen molar-refractivity contribution in [3.63, 3.8) is 0 Å². The number of nitrogens with two attached hydrogens (primary N) is 1. The lowest BCUT2D eigenvalue weighted by molar-refractivity contribution is 0.541. The third kappa shape index (κ3) is 1.99. The molecule has 84 valence electrons. The molecule has 0 atom stereocenters. The van der Waals surface area contributed by atoms with E-state index in [4.69, 9.17) is 5.73 Å². The molecule has 1 aromatic heterocycles. The molecule has 2 rings (SSSR count). The molecule has 2 N–H and O–H groups in total. The summed E-state index contributed by atoms with van der Waals surface area (Å²) >= 11 is 0.867. The third-order valence-electron chi connectivity index (χ3n) is 1.88. The molecule has 2 aromatic rings. The molecule has 16 heavy (non-hydrogen) atoms. The summed E-state index contributed by atoms with van der Waals surface area (Å²) in [6.07, 6.45) is 1.45. The van der Waals surface area contributed by atoms with Crippen molar-refractivity contribution in [3.05, 3.63) is 30.1 Å². The molecule has 0 saturated carbocycles. The van der Waals surface area contributed by atoms with E-state index in [-0.39, 0.29) is 10.6 Å². The molecule has 0 radical (unpaired) electrons. The summed E-state index contributed by atoms with van der Waals surface area (Å²) in [6, 6.07) is 2.14. The third-order valence-corrected chi connectivity index (χ3v) is 3.03. The van der Waals surface area contributed by atoms with E-state index >= 15 is 0 Å². The van der Waals surface area contributed by atoms with Crippen LogP contribution in [0, 0.1) is 11.6 Å². The van der Waals surface area contributed by atoms with E-state index in [1.165, 1.54) is 6.33 Å². The zero-order valence-electron chi connectivity index (χ0n) is 8.32. The average molecular weight is 242 g/mol. The minimum Gasteiger partial charge on any atom is -0.399 e. The largest absolute Gasteiger partial charge is 0.399 e. The van der Waals surface area contributed by atoms with Gasteiger partial charge in [-0.25, -0.2) is 8.78 Å². The first-order chi connectivity index (χ1) is 7.58. The van der Waals surface area contributed by atoms with Crippen LogP contribution in [0.3, 0.4) is 0 Å². The standard InChI is InChI=1S/C9H8F2N4S/c1-15-4-13-14-9(15)16-8-6(10)2-5(12)3-7(8)11/h2-4H,12H2,1H3. The molecular weight excluding hydrogens is 234 g/mol. The second kappa shape index (κ2) is 4.09. The number of nitrogen functional groups attached to an aromatic ring is 1. The monoisotopic (exact) mass is 242 g/mol. The number of aryl methyl sites for hydroxylation is 1. The van der Waals surface area contributed by atoms with Gasteiger partial charge in [-0.1, -0.05) is 0 Å². The molecule has 0 spiro atoms. The summed E-state index contributed by atoms with van der Waals surface area (Å²) in [5.41, 5.74) is 5.36. The lowest BCUT2D eigenvalue weighted by Crippen LogP contribution is -1.95. The summed E-state index contributed by atoms with van der Waals surface area (Å²) in [5.74, 6) is -1.41. The van der Waals surface area contributed by atoms with Crippen LogP contribution in [0.15, 0.2) is 28.5 Å². The minimum atomic E-state index is -0.703. The lowest BCUT2D eigenvalue weighted by atomic mass is 10.3. The van der Waals surface area contributed by atoms with Crippen molar-refractivity contribution >= 4 is 17.4 Å². The van der Waals surface area contributed by atoms with Crippen LogP contribution in [-0.4, -0.2) is 14.8 Å². The first-order valence-electron chi connectivity index (χ1n) is 4.34. The van der Waals surface area contributed by atoms with Gasteiger partial charge in [0.1, 0.15) is 18.0 Å². The van der Waals surface area contributed by atoms with Crippen molar-refractivity contribution < 1.29 is 8.78 Å². The number of hydrogen-bond acceptors (Lipinski definition) is 4. The van der Waals surface area contributed by atoms with Crippen molar-refractivity contribution in [3.8, 4) is 0 Å². The van der Waals surface area contributed by atoms with Crippen molar-refractivity contribution in [2.45, 2.75) is 10.1 Å². The van der Waals surface area contributed by atoms with Gasteiger partial charge in [-0.15, -0.1) is 10.2 Å². The Morgan fingerprint density at radius 2 is 1.94 bits per heavy atom. The highest BCUT2D eigenvalue weighted by Gasteiger charge is 2.14. The summed E-state index contributed by atoms with van der Waals surface area (Å²) in [7, 11) is 1.69. The number of benzene rings is 1. The Kier molecular flexibility index (Phi) is 2.78. The van der Waals surface area contributed by atoms with Crippen molar-refractivity contribution in [1.82, 2.24) is 14.8 Å². The highest BCUT2D eigenvalue weighted by atomic mass is 32.2. The molecule has 4 nitrogen and oxygen atoms in total. The SMILES string of the molecule is Cn1cnnc1Sc1c(F)cc(N)cc1F. The van der Waals surface area contributed by atoms with E-state index in [9.17, 15) is 8.78 Å². The van der Waals surface area contributed by atoms with Crippen LogP contribution in [0.4, 0.5) is 14.5 Å². The number of hydrogen-bond donors (Lipinski definition) is 1. The fourth-order valence-corrected chi connectivity index (χ4v) is 1.91. The van der Waals surface area contributed by atoms with Crippen LogP contribution in [-0.2, 0) is 7.05 Å². The van der Waals surface area contributed by atoms with Crippen LogP contribution in [0.5, 0.6) is 0 Å². The first-order valence-corrected chi connectivity index (χ1v) is 5.16. The Morgan fingerprint density at radius 3 is 2.44 bits per heavy atom. The summed E-state index contributed by atoms with van der Waals surface area (Å²) in [6.45, 7) is 0.